The Morgan fingerprint density at radius 2 is 2.00 bits per heavy atom. The number of furan rings is 1. The summed E-state index contributed by atoms with van der Waals surface area (Å²) in [6, 6.07) is 8.02. The van der Waals surface area contributed by atoms with Gasteiger partial charge in [0.25, 0.3) is 0 Å². The van der Waals surface area contributed by atoms with Crippen LogP contribution in [-0.4, -0.2) is 5.97 Å². The zero-order valence-electron chi connectivity index (χ0n) is 8.25. The van der Waals surface area contributed by atoms with Crippen molar-refractivity contribution < 1.29 is 13.9 Å². The largest absolute Gasteiger partial charge is 0.442 e. The Bertz CT molecular complexity index is 566. The van der Waals surface area contributed by atoms with Crippen molar-refractivity contribution in [1.29, 1.82) is 0 Å². The van der Waals surface area contributed by atoms with E-state index in [2.05, 4.69) is 31.9 Å². The molecule has 0 atom stereocenters. The normalized spacial score (nSPS) is 10.3. The smallest absolute Gasteiger partial charge is 0.379 e. The van der Waals surface area contributed by atoms with Gasteiger partial charge in [-0.25, -0.2) is 4.79 Å². The average molecular weight is 380 g/mol. The summed E-state index contributed by atoms with van der Waals surface area (Å²) in [5.41, 5.74) is 0. The molecule has 0 radical (unpaired) electrons. The fourth-order valence-electron chi connectivity index (χ4n) is 1.13. The lowest BCUT2D eigenvalue weighted by Gasteiger charge is -2.04. The van der Waals surface area contributed by atoms with Crippen LogP contribution in [0.1, 0.15) is 10.6 Å². The number of halogens is 3. The van der Waals surface area contributed by atoms with Gasteiger partial charge in [-0.2, -0.15) is 0 Å². The van der Waals surface area contributed by atoms with Crippen molar-refractivity contribution in [3.05, 3.63) is 50.3 Å². The van der Waals surface area contributed by atoms with Crippen molar-refractivity contribution in [2.45, 2.75) is 0 Å². The molecular formula is C11H5Br2ClO3. The molecule has 0 fully saturated rings. The number of carbonyl (C=O) groups is 1. The number of carbonyl (C=O) groups excluding carboxylic acids is 1. The Morgan fingerprint density at radius 3 is 2.59 bits per heavy atom. The van der Waals surface area contributed by atoms with Gasteiger partial charge in [-0.3, -0.25) is 0 Å². The van der Waals surface area contributed by atoms with E-state index >= 15 is 0 Å². The van der Waals surface area contributed by atoms with Gasteiger partial charge in [-0.1, -0.05) is 11.6 Å². The summed E-state index contributed by atoms with van der Waals surface area (Å²) < 4.78 is 11.3. The number of ether oxygens (including phenoxy) is 1. The first-order chi connectivity index (χ1) is 8.06. The highest BCUT2D eigenvalue weighted by atomic mass is 79.9. The van der Waals surface area contributed by atoms with Crippen molar-refractivity contribution in [2.24, 2.45) is 0 Å². The Hall–Kier alpha value is -0.780. The summed E-state index contributed by atoms with van der Waals surface area (Å²) in [4.78, 5) is 11.7. The van der Waals surface area contributed by atoms with Gasteiger partial charge >= 0.3 is 5.97 Å². The summed E-state index contributed by atoms with van der Waals surface area (Å²) in [6.07, 6.45) is 0. The number of rotatable bonds is 2. The molecule has 17 heavy (non-hydrogen) atoms. The summed E-state index contributed by atoms with van der Waals surface area (Å²) in [5, 5.41) is 0.553. The van der Waals surface area contributed by atoms with Gasteiger partial charge in [0.05, 0.1) is 4.47 Å². The summed E-state index contributed by atoms with van der Waals surface area (Å²) in [5.74, 6) is -0.0654. The van der Waals surface area contributed by atoms with E-state index < -0.39 is 5.97 Å². The lowest BCUT2D eigenvalue weighted by molar-refractivity contribution is 0.0698. The quantitative estimate of drug-likeness (QED) is 0.561. The molecular weight excluding hydrogens is 375 g/mol. The third kappa shape index (κ3) is 3.12. The fourth-order valence-corrected chi connectivity index (χ4v) is 2.20. The minimum absolute atomic E-state index is 0.124. The molecule has 1 aromatic carbocycles. The van der Waals surface area contributed by atoms with Gasteiger partial charge in [-0.05, 0) is 62.2 Å². The van der Waals surface area contributed by atoms with Gasteiger partial charge in [0.2, 0.25) is 5.76 Å². The second-order valence-corrected chi connectivity index (χ2v) is 5.14. The Balaban J connectivity index is 2.18. The van der Waals surface area contributed by atoms with Crippen LogP contribution >= 0.6 is 43.5 Å². The van der Waals surface area contributed by atoms with Crippen molar-refractivity contribution in [3.8, 4) is 5.75 Å². The highest BCUT2D eigenvalue weighted by Gasteiger charge is 2.14. The summed E-state index contributed by atoms with van der Waals surface area (Å²) in [6.45, 7) is 0. The van der Waals surface area contributed by atoms with Crippen LogP contribution < -0.4 is 4.74 Å². The van der Waals surface area contributed by atoms with E-state index in [1.54, 1.807) is 24.3 Å². The van der Waals surface area contributed by atoms with Gasteiger partial charge in [0, 0.05) is 5.02 Å². The molecule has 0 N–H and O–H groups in total. The highest BCUT2D eigenvalue weighted by molar-refractivity contribution is 9.10. The van der Waals surface area contributed by atoms with Crippen molar-refractivity contribution in [3.63, 3.8) is 0 Å². The van der Waals surface area contributed by atoms with Crippen molar-refractivity contribution in [1.82, 2.24) is 0 Å². The Labute approximate surface area is 119 Å². The second kappa shape index (κ2) is 5.25. The molecule has 2 aromatic rings. The van der Waals surface area contributed by atoms with Gasteiger partial charge < -0.3 is 9.15 Å². The monoisotopic (exact) mass is 378 g/mol. The van der Waals surface area contributed by atoms with E-state index in [0.29, 0.717) is 19.9 Å². The van der Waals surface area contributed by atoms with E-state index in [9.17, 15) is 4.79 Å². The van der Waals surface area contributed by atoms with Gasteiger partial charge in [0.15, 0.2) is 4.67 Å². The first-order valence-corrected chi connectivity index (χ1v) is 6.45. The molecule has 0 aliphatic carbocycles. The molecule has 0 saturated heterocycles. The first-order valence-electron chi connectivity index (χ1n) is 4.49. The zero-order chi connectivity index (χ0) is 12.4. The maximum atomic E-state index is 11.7. The molecule has 0 aliphatic heterocycles. The minimum Gasteiger partial charge on any atom is -0.442 e. The number of hydrogen-bond donors (Lipinski definition) is 0. The van der Waals surface area contributed by atoms with Crippen molar-refractivity contribution >= 4 is 49.4 Å². The highest BCUT2D eigenvalue weighted by Crippen LogP contribution is 2.28. The lowest BCUT2D eigenvalue weighted by atomic mass is 10.3. The van der Waals surface area contributed by atoms with Crippen LogP contribution in [0.2, 0.25) is 5.02 Å². The van der Waals surface area contributed by atoms with Crippen LogP contribution in [0, 0.1) is 0 Å². The zero-order valence-corrected chi connectivity index (χ0v) is 12.2. The second-order valence-electron chi connectivity index (χ2n) is 3.07. The summed E-state index contributed by atoms with van der Waals surface area (Å²) >= 11 is 12.1. The number of esters is 1. The third-order valence-corrected chi connectivity index (χ3v) is 3.15. The molecule has 0 saturated carbocycles. The molecule has 0 spiro atoms. The first kappa shape index (κ1) is 12.7. The molecule has 1 aromatic heterocycles. The molecule has 0 amide bonds. The maximum Gasteiger partial charge on any atom is 0.379 e. The topological polar surface area (TPSA) is 39.4 Å². The Kier molecular flexibility index (Phi) is 3.91. The number of hydrogen-bond acceptors (Lipinski definition) is 3. The molecule has 88 valence electrons. The molecule has 0 aliphatic rings. The summed E-state index contributed by atoms with van der Waals surface area (Å²) in [7, 11) is 0. The number of benzene rings is 1. The third-order valence-electron chi connectivity index (χ3n) is 1.87. The van der Waals surface area contributed by atoms with Gasteiger partial charge in [0.1, 0.15) is 5.75 Å². The van der Waals surface area contributed by atoms with E-state index in [1.165, 1.54) is 6.07 Å². The molecule has 0 bridgehead atoms. The van der Waals surface area contributed by atoms with E-state index in [0.717, 1.165) is 0 Å². The van der Waals surface area contributed by atoms with Crippen LogP contribution in [0.5, 0.6) is 5.75 Å². The molecule has 1 heterocycles. The molecule has 2 rings (SSSR count). The van der Waals surface area contributed by atoms with Crippen molar-refractivity contribution in [2.75, 3.05) is 0 Å². The van der Waals surface area contributed by atoms with Crippen LogP contribution in [0.25, 0.3) is 0 Å². The average Bonchev–Trinajstić information content (AvgIpc) is 2.69. The lowest BCUT2D eigenvalue weighted by Crippen LogP contribution is -2.07. The van der Waals surface area contributed by atoms with Gasteiger partial charge in [-0.15, -0.1) is 0 Å². The Morgan fingerprint density at radius 1 is 1.24 bits per heavy atom. The van der Waals surface area contributed by atoms with E-state index in [4.69, 9.17) is 20.8 Å². The fraction of sp³-hybridized carbons (Fsp3) is 0. The molecule has 0 unspecified atom stereocenters. The van der Waals surface area contributed by atoms with Crippen LogP contribution in [0.3, 0.4) is 0 Å². The standard InChI is InChI=1S/C11H5Br2ClO3/c12-7-5-6(14)1-2-8(7)17-11(15)9-3-4-10(13)16-9/h1-5H. The maximum absolute atomic E-state index is 11.7. The van der Waals surface area contributed by atoms with Crippen LogP contribution in [0.4, 0.5) is 0 Å². The van der Waals surface area contributed by atoms with E-state index in [-0.39, 0.29) is 5.76 Å². The molecule has 6 heteroatoms. The predicted octanol–water partition coefficient (Wildman–Crippen LogP) is 4.68. The van der Waals surface area contributed by atoms with Crippen LogP contribution in [-0.2, 0) is 0 Å². The van der Waals surface area contributed by atoms with E-state index in [1.807, 2.05) is 0 Å². The minimum atomic E-state index is -0.571. The predicted molar refractivity (Wildman–Crippen MR) is 70.5 cm³/mol. The molecule has 3 nitrogen and oxygen atoms in total. The SMILES string of the molecule is O=C(Oc1ccc(Cl)cc1Br)c1ccc(Br)o1. The van der Waals surface area contributed by atoms with Crippen LogP contribution in [0.15, 0.2) is 43.9 Å².